The van der Waals surface area contributed by atoms with Crippen LogP contribution in [-0.4, -0.2) is 36.5 Å². The fourth-order valence-corrected chi connectivity index (χ4v) is 0.491. The minimum atomic E-state index is -0.988. The van der Waals surface area contributed by atoms with Gasteiger partial charge in [-0.15, -0.1) is 0 Å². The number of Topliss-reactive ketones (excluding diaryl/α,β-unsaturated/α-hetero) is 2. The van der Waals surface area contributed by atoms with Gasteiger partial charge in [0, 0.05) is 14.0 Å². The summed E-state index contributed by atoms with van der Waals surface area (Å²) in [6.07, 6.45) is -0.988. The second-order valence-corrected chi connectivity index (χ2v) is 1.83. The molecule has 10 heavy (non-hydrogen) atoms. The number of hydrogen-bond acceptors (Lipinski definition) is 4. The second kappa shape index (κ2) is 4.14. The first-order valence-electron chi connectivity index (χ1n) is 2.82. The summed E-state index contributed by atoms with van der Waals surface area (Å²) >= 11 is 0. The van der Waals surface area contributed by atoms with Crippen LogP contribution in [0.15, 0.2) is 0 Å². The summed E-state index contributed by atoms with van der Waals surface area (Å²) in [4.78, 5) is 21.0. The zero-order valence-corrected chi connectivity index (χ0v) is 5.96. The minimum absolute atomic E-state index is 0.449. The molecule has 0 saturated heterocycles. The number of methoxy groups -OCH3 is 1. The number of ketones is 2. The van der Waals surface area contributed by atoms with Crippen LogP contribution in [0.4, 0.5) is 0 Å². The summed E-state index contributed by atoms with van der Waals surface area (Å²) < 4.78 is 4.50. The Labute approximate surface area is 58.8 Å². The second-order valence-electron chi connectivity index (χ2n) is 1.83. The Morgan fingerprint density at radius 1 is 1.60 bits per heavy atom. The van der Waals surface area contributed by atoms with Crippen LogP contribution in [0.2, 0.25) is 0 Å². The lowest BCUT2D eigenvalue weighted by atomic mass is 10.2. The van der Waals surface area contributed by atoms with E-state index in [1.165, 1.54) is 7.11 Å². The maximum atomic E-state index is 10.7. The Morgan fingerprint density at radius 3 is 2.20 bits per heavy atom. The highest BCUT2D eigenvalue weighted by Crippen LogP contribution is 1.91. The van der Waals surface area contributed by atoms with Crippen molar-refractivity contribution >= 4 is 11.6 Å². The molecule has 0 aromatic rings. The maximum absolute atomic E-state index is 10.7. The first-order chi connectivity index (χ1) is 4.63. The normalized spacial score (nSPS) is 12.7. The maximum Gasteiger partial charge on any atom is 0.229 e. The standard InChI is InChI=1S/C6H10O4/c1-4(8)6(9)5(3-7)10-2/h5,7H,3H2,1-2H3. The molecule has 0 aromatic heterocycles. The molecule has 0 aliphatic heterocycles. The van der Waals surface area contributed by atoms with Crippen molar-refractivity contribution in [1.29, 1.82) is 0 Å². The van der Waals surface area contributed by atoms with Gasteiger partial charge in [0.1, 0.15) is 6.10 Å². The van der Waals surface area contributed by atoms with E-state index in [1.807, 2.05) is 0 Å². The lowest BCUT2D eigenvalue weighted by Gasteiger charge is -2.06. The van der Waals surface area contributed by atoms with Gasteiger partial charge in [0.15, 0.2) is 5.78 Å². The van der Waals surface area contributed by atoms with Crippen LogP contribution in [0, 0.1) is 0 Å². The number of hydrogen-bond donors (Lipinski definition) is 1. The molecule has 4 nitrogen and oxygen atoms in total. The molecule has 0 fully saturated rings. The van der Waals surface area contributed by atoms with Crippen LogP contribution >= 0.6 is 0 Å². The Balaban J connectivity index is 4.02. The Hall–Kier alpha value is -0.740. The Bertz CT molecular complexity index is 137. The van der Waals surface area contributed by atoms with Gasteiger partial charge < -0.3 is 9.84 Å². The molecule has 0 bridgehead atoms. The molecule has 0 saturated carbocycles. The van der Waals surface area contributed by atoms with Gasteiger partial charge in [-0.2, -0.15) is 0 Å². The topological polar surface area (TPSA) is 63.6 Å². The smallest absolute Gasteiger partial charge is 0.229 e. The van der Waals surface area contributed by atoms with Crippen LogP contribution in [0.1, 0.15) is 6.92 Å². The number of aliphatic hydroxyl groups excluding tert-OH is 1. The molecule has 0 spiro atoms. The lowest BCUT2D eigenvalue weighted by molar-refractivity contribution is -0.143. The van der Waals surface area contributed by atoms with Gasteiger partial charge in [0.2, 0.25) is 5.78 Å². The van der Waals surface area contributed by atoms with Gasteiger partial charge in [-0.25, -0.2) is 0 Å². The van der Waals surface area contributed by atoms with Crippen LogP contribution in [0.25, 0.3) is 0 Å². The highest BCUT2D eigenvalue weighted by molar-refractivity contribution is 6.38. The molecule has 0 aliphatic carbocycles. The zero-order valence-electron chi connectivity index (χ0n) is 5.96. The van der Waals surface area contributed by atoms with E-state index in [1.54, 1.807) is 0 Å². The zero-order chi connectivity index (χ0) is 8.15. The molecule has 0 aromatic carbocycles. The molecule has 4 heteroatoms. The summed E-state index contributed by atoms with van der Waals surface area (Å²) in [6, 6.07) is 0. The lowest BCUT2D eigenvalue weighted by Crippen LogP contribution is -2.31. The van der Waals surface area contributed by atoms with Crippen molar-refractivity contribution in [2.45, 2.75) is 13.0 Å². The van der Waals surface area contributed by atoms with Gasteiger partial charge in [-0.3, -0.25) is 9.59 Å². The van der Waals surface area contributed by atoms with Crippen molar-refractivity contribution in [2.24, 2.45) is 0 Å². The molecule has 0 aliphatic rings. The first-order valence-corrected chi connectivity index (χ1v) is 2.82. The summed E-state index contributed by atoms with van der Waals surface area (Å²) in [5, 5.41) is 8.45. The van der Waals surface area contributed by atoms with Crippen LogP contribution in [0.5, 0.6) is 0 Å². The van der Waals surface area contributed by atoms with E-state index >= 15 is 0 Å². The number of carbonyl (C=O) groups excluding carboxylic acids is 2. The van der Waals surface area contributed by atoms with E-state index in [0.717, 1.165) is 6.92 Å². The largest absolute Gasteiger partial charge is 0.393 e. The molecular formula is C6H10O4. The Morgan fingerprint density at radius 2 is 2.10 bits per heavy atom. The van der Waals surface area contributed by atoms with Crippen LogP contribution in [-0.2, 0) is 14.3 Å². The molecule has 1 unspecified atom stereocenters. The molecule has 0 heterocycles. The van der Waals surface area contributed by atoms with E-state index < -0.39 is 24.3 Å². The molecular weight excluding hydrogens is 136 g/mol. The third-order valence-electron chi connectivity index (χ3n) is 1.09. The number of carbonyl (C=O) groups is 2. The van der Waals surface area contributed by atoms with Crippen molar-refractivity contribution < 1.29 is 19.4 Å². The SMILES string of the molecule is COC(CO)C(=O)C(C)=O. The molecule has 0 amide bonds. The Kier molecular flexibility index (Phi) is 3.83. The highest BCUT2D eigenvalue weighted by Gasteiger charge is 2.20. The van der Waals surface area contributed by atoms with Crippen molar-refractivity contribution in [3.8, 4) is 0 Å². The molecule has 1 N–H and O–H groups in total. The summed E-state index contributed by atoms with van der Waals surface area (Å²) in [6.45, 7) is 0.693. The van der Waals surface area contributed by atoms with Gasteiger partial charge in [0.05, 0.1) is 6.61 Å². The van der Waals surface area contributed by atoms with E-state index in [0.29, 0.717) is 0 Å². The fraction of sp³-hybridized carbons (Fsp3) is 0.667. The summed E-state index contributed by atoms with van der Waals surface area (Å²) in [5.41, 5.74) is 0. The predicted octanol–water partition coefficient (Wildman–Crippen LogP) is -0.848. The fourth-order valence-electron chi connectivity index (χ4n) is 0.491. The molecule has 0 radical (unpaired) electrons. The van der Waals surface area contributed by atoms with Crippen molar-refractivity contribution in [3.63, 3.8) is 0 Å². The third-order valence-corrected chi connectivity index (χ3v) is 1.09. The van der Waals surface area contributed by atoms with E-state index in [4.69, 9.17) is 5.11 Å². The minimum Gasteiger partial charge on any atom is -0.393 e. The quantitative estimate of drug-likeness (QED) is 0.525. The predicted molar refractivity (Wildman–Crippen MR) is 33.6 cm³/mol. The third kappa shape index (κ3) is 2.24. The van der Waals surface area contributed by atoms with Crippen molar-refractivity contribution in [2.75, 3.05) is 13.7 Å². The summed E-state index contributed by atoms with van der Waals surface area (Å²) in [5.74, 6) is -1.29. The van der Waals surface area contributed by atoms with Crippen LogP contribution < -0.4 is 0 Å². The van der Waals surface area contributed by atoms with Gasteiger partial charge in [-0.1, -0.05) is 0 Å². The monoisotopic (exact) mass is 146 g/mol. The van der Waals surface area contributed by atoms with Crippen LogP contribution in [0.3, 0.4) is 0 Å². The van der Waals surface area contributed by atoms with Gasteiger partial charge >= 0.3 is 0 Å². The van der Waals surface area contributed by atoms with E-state index in [9.17, 15) is 9.59 Å². The number of aliphatic hydroxyl groups is 1. The average Bonchev–Trinajstić information content (AvgIpc) is 1.90. The molecule has 1 atom stereocenters. The number of ether oxygens (including phenoxy) is 1. The van der Waals surface area contributed by atoms with Crippen molar-refractivity contribution in [3.05, 3.63) is 0 Å². The van der Waals surface area contributed by atoms with Gasteiger partial charge in [0.25, 0.3) is 0 Å². The first kappa shape index (κ1) is 9.26. The molecule has 0 rings (SSSR count). The van der Waals surface area contributed by atoms with E-state index in [2.05, 4.69) is 4.74 Å². The van der Waals surface area contributed by atoms with Crippen molar-refractivity contribution in [1.82, 2.24) is 0 Å². The van der Waals surface area contributed by atoms with Gasteiger partial charge in [-0.05, 0) is 0 Å². The number of rotatable bonds is 4. The molecule has 58 valence electrons. The average molecular weight is 146 g/mol. The van der Waals surface area contributed by atoms with E-state index in [-0.39, 0.29) is 0 Å². The highest BCUT2D eigenvalue weighted by atomic mass is 16.5. The summed E-state index contributed by atoms with van der Waals surface area (Å²) in [7, 11) is 1.27.